The van der Waals surface area contributed by atoms with E-state index >= 15 is 0 Å². The van der Waals surface area contributed by atoms with Gasteiger partial charge in [0.25, 0.3) is 5.56 Å². The number of hydrogen-bond donors (Lipinski definition) is 2. The lowest BCUT2D eigenvalue weighted by atomic mass is 9.76. The number of hydrogen-bond acceptors (Lipinski definition) is 5. The Kier molecular flexibility index (Phi) is 7.24. The number of H-pyrrole nitrogens is 1. The highest BCUT2D eigenvalue weighted by Crippen LogP contribution is 2.31. The smallest absolute Gasteiger partial charge is 0.259 e. The summed E-state index contributed by atoms with van der Waals surface area (Å²) >= 11 is 3.00. The number of aryl methyl sites for hydroxylation is 2. The van der Waals surface area contributed by atoms with Crippen molar-refractivity contribution in [2.45, 2.75) is 44.1 Å². The van der Waals surface area contributed by atoms with Crippen LogP contribution in [0, 0.1) is 13.8 Å². The number of amides is 1. The van der Waals surface area contributed by atoms with Crippen LogP contribution < -0.4 is 10.9 Å². The number of thioether (sulfide) groups is 1. The number of nitrogens with zero attached hydrogens (tertiary/aromatic N) is 1. The lowest BCUT2D eigenvalue weighted by molar-refractivity contribution is -0.120. The van der Waals surface area contributed by atoms with Gasteiger partial charge in [0.1, 0.15) is 10.7 Å². The number of carbonyl (C=O) groups excluding carboxylic acids is 1. The Bertz CT molecular complexity index is 1310. The van der Waals surface area contributed by atoms with Crippen LogP contribution in [0.25, 0.3) is 10.2 Å². The van der Waals surface area contributed by atoms with Crippen LogP contribution in [0.1, 0.15) is 41.2 Å². The first-order valence-electron chi connectivity index (χ1n) is 11.3. The van der Waals surface area contributed by atoms with E-state index in [4.69, 9.17) is 0 Å². The van der Waals surface area contributed by atoms with Crippen LogP contribution in [-0.4, -0.2) is 27.7 Å². The van der Waals surface area contributed by atoms with Crippen molar-refractivity contribution in [3.8, 4) is 0 Å². The zero-order valence-corrected chi connectivity index (χ0v) is 21.5. The molecule has 2 N–H and O–H groups in total. The van der Waals surface area contributed by atoms with Crippen molar-refractivity contribution in [2.24, 2.45) is 0 Å². The number of fused-ring (bicyclic) bond motifs is 1. The molecule has 34 heavy (non-hydrogen) atoms. The second kappa shape index (κ2) is 10.2. The van der Waals surface area contributed by atoms with Gasteiger partial charge in [0, 0.05) is 16.8 Å². The Morgan fingerprint density at radius 1 is 1.09 bits per heavy atom. The molecule has 0 aliphatic rings. The number of benzene rings is 2. The summed E-state index contributed by atoms with van der Waals surface area (Å²) in [5.41, 5.74) is 2.83. The molecule has 0 bridgehead atoms. The summed E-state index contributed by atoms with van der Waals surface area (Å²) < 4.78 is 0. The molecule has 0 fully saturated rings. The Balaban J connectivity index is 1.44. The number of nitrogens with one attached hydrogen (secondary N) is 2. The van der Waals surface area contributed by atoms with E-state index in [0.717, 1.165) is 26.4 Å². The molecule has 2 aromatic heterocycles. The molecule has 4 aromatic rings. The summed E-state index contributed by atoms with van der Waals surface area (Å²) in [5.74, 6) is 1.03. The van der Waals surface area contributed by atoms with Gasteiger partial charge >= 0.3 is 0 Å². The molecule has 2 heterocycles. The first kappa shape index (κ1) is 24.2. The molecule has 4 rings (SSSR count). The van der Waals surface area contributed by atoms with E-state index in [2.05, 4.69) is 46.5 Å². The van der Waals surface area contributed by atoms with Gasteiger partial charge in [-0.15, -0.1) is 23.1 Å². The molecule has 0 saturated heterocycles. The van der Waals surface area contributed by atoms with Gasteiger partial charge in [0.2, 0.25) is 5.91 Å². The molecule has 0 aliphatic carbocycles. The Hall–Kier alpha value is -2.90. The van der Waals surface area contributed by atoms with Crippen molar-refractivity contribution in [3.05, 3.63) is 98.4 Å². The van der Waals surface area contributed by atoms with Crippen LogP contribution in [0.2, 0.25) is 0 Å². The van der Waals surface area contributed by atoms with E-state index in [0.29, 0.717) is 23.5 Å². The predicted molar refractivity (Wildman–Crippen MR) is 143 cm³/mol. The van der Waals surface area contributed by atoms with Crippen LogP contribution >= 0.6 is 23.1 Å². The van der Waals surface area contributed by atoms with Gasteiger partial charge in [0.15, 0.2) is 0 Å². The van der Waals surface area contributed by atoms with Crippen LogP contribution in [0.4, 0.5) is 0 Å². The molecule has 1 amide bonds. The first-order chi connectivity index (χ1) is 16.3. The zero-order valence-electron chi connectivity index (χ0n) is 19.8. The van der Waals surface area contributed by atoms with Gasteiger partial charge < -0.3 is 10.3 Å². The van der Waals surface area contributed by atoms with E-state index in [-0.39, 0.29) is 22.1 Å². The average molecular weight is 492 g/mol. The van der Waals surface area contributed by atoms with Crippen LogP contribution in [0.3, 0.4) is 0 Å². The molecule has 1 atom stereocenters. The molecule has 176 valence electrons. The molecule has 0 radical (unpaired) electrons. The van der Waals surface area contributed by atoms with Crippen LogP contribution in [0.15, 0.2) is 65.5 Å². The van der Waals surface area contributed by atoms with Crippen molar-refractivity contribution in [1.29, 1.82) is 0 Å². The Morgan fingerprint density at radius 3 is 2.26 bits per heavy atom. The monoisotopic (exact) mass is 491 g/mol. The lowest BCUT2D eigenvalue weighted by Gasteiger charge is -2.31. The Morgan fingerprint density at radius 2 is 1.68 bits per heavy atom. The molecular formula is C27H29N3O2S2. The van der Waals surface area contributed by atoms with Crippen LogP contribution in [-0.2, 0) is 16.0 Å². The van der Waals surface area contributed by atoms with Gasteiger partial charge in [-0.25, -0.2) is 4.98 Å². The van der Waals surface area contributed by atoms with Crippen molar-refractivity contribution in [1.82, 2.24) is 15.3 Å². The fourth-order valence-corrected chi connectivity index (χ4v) is 5.87. The maximum absolute atomic E-state index is 13.0. The number of thiophene rings is 1. The molecule has 7 heteroatoms. The molecule has 0 saturated carbocycles. The standard InChI is InChI=1S/C27H29N3O2S2/c1-17-18(2)34-26-23(17)25(32)29-22(30-26)15-33-19(3)24(31)28-16-27(4,20-11-7-5-8-12-20)21-13-9-6-10-14-21/h5-14,19H,15-16H2,1-4H3,(H,28,31)(H,29,30,32). The summed E-state index contributed by atoms with van der Waals surface area (Å²) in [6.07, 6.45) is 0. The molecule has 0 spiro atoms. The molecule has 5 nitrogen and oxygen atoms in total. The highest BCUT2D eigenvalue weighted by molar-refractivity contribution is 7.99. The van der Waals surface area contributed by atoms with Gasteiger partial charge in [-0.2, -0.15) is 0 Å². The van der Waals surface area contributed by atoms with E-state index in [1.165, 1.54) is 23.1 Å². The molecular weight excluding hydrogens is 462 g/mol. The summed E-state index contributed by atoms with van der Waals surface area (Å²) in [7, 11) is 0. The average Bonchev–Trinajstić information content (AvgIpc) is 3.15. The van der Waals surface area contributed by atoms with E-state index in [1.807, 2.05) is 57.2 Å². The number of aromatic amines is 1. The number of aromatic nitrogens is 2. The highest BCUT2D eigenvalue weighted by atomic mass is 32.2. The first-order valence-corrected chi connectivity index (χ1v) is 13.2. The summed E-state index contributed by atoms with van der Waals surface area (Å²) in [5, 5.41) is 3.54. The summed E-state index contributed by atoms with van der Waals surface area (Å²) in [6.45, 7) is 8.48. The number of rotatable bonds is 8. The van der Waals surface area contributed by atoms with Crippen LogP contribution in [0.5, 0.6) is 0 Å². The maximum Gasteiger partial charge on any atom is 0.259 e. The number of carbonyl (C=O) groups is 1. The summed E-state index contributed by atoms with van der Waals surface area (Å²) in [6, 6.07) is 20.5. The van der Waals surface area contributed by atoms with Crippen molar-refractivity contribution in [2.75, 3.05) is 6.54 Å². The molecule has 1 unspecified atom stereocenters. The van der Waals surface area contributed by atoms with Crippen molar-refractivity contribution < 1.29 is 4.79 Å². The fraction of sp³-hybridized carbons (Fsp3) is 0.296. The third-order valence-electron chi connectivity index (χ3n) is 6.37. The molecule has 2 aromatic carbocycles. The zero-order chi connectivity index (χ0) is 24.3. The van der Waals surface area contributed by atoms with Gasteiger partial charge in [0.05, 0.1) is 16.4 Å². The summed E-state index contributed by atoms with van der Waals surface area (Å²) in [4.78, 5) is 34.9. The van der Waals surface area contributed by atoms with E-state index < -0.39 is 0 Å². The largest absolute Gasteiger partial charge is 0.354 e. The maximum atomic E-state index is 13.0. The second-order valence-electron chi connectivity index (χ2n) is 8.71. The fourth-order valence-electron chi connectivity index (χ4n) is 4.04. The normalized spacial score (nSPS) is 12.6. The van der Waals surface area contributed by atoms with E-state index in [9.17, 15) is 9.59 Å². The third-order valence-corrected chi connectivity index (χ3v) is 8.62. The minimum atomic E-state index is -0.352. The Labute approximate surface area is 208 Å². The van der Waals surface area contributed by atoms with Gasteiger partial charge in [-0.3, -0.25) is 9.59 Å². The van der Waals surface area contributed by atoms with Crippen molar-refractivity contribution >= 4 is 39.2 Å². The topological polar surface area (TPSA) is 74.8 Å². The van der Waals surface area contributed by atoms with Gasteiger partial charge in [-0.05, 0) is 44.4 Å². The SMILES string of the molecule is Cc1sc2nc(CSC(C)C(=O)NCC(C)(c3ccccc3)c3ccccc3)[nH]c(=O)c2c1C. The minimum Gasteiger partial charge on any atom is -0.354 e. The van der Waals surface area contributed by atoms with Crippen molar-refractivity contribution in [3.63, 3.8) is 0 Å². The minimum absolute atomic E-state index is 0.0330. The molecule has 0 aliphatic heterocycles. The quantitative estimate of drug-likeness (QED) is 0.349. The highest BCUT2D eigenvalue weighted by Gasteiger charge is 2.30. The third kappa shape index (κ3) is 4.95. The van der Waals surface area contributed by atoms with E-state index in [1.54, 1.807) is 0 Å². The predicted octanol–water partition coefficient (Wildman–Crippen LogP) is 5.35. The van der Waals surface area contributed by atoms with Gasteiger partial charge in [-0.1, -0.05) is 60.7 Å². The second-order valence-corrected chi connectivity index (χ2v) is 11.2. The lowest BCUT2D eigenvalue weighted by Crippen LogP contribution is -2.42.